The third-order valence-corrected chi connectivity index (χ3v) is 3.88. The maximum Gasteiger partial charge on any atom is 0.254 e. The van der Waals surface area contributed by atoms with Gasteiger partial charge in [-0.3, -0.25) is 4.79 Å². The van der Waals surface area contributed by atoms with E-state index in [0.29, 0.717) is 0 Å². The number of rotatable bonds is 4. The highest BCUT2D eigenvalue weighted by Crippen LogP contribution is 2.22. The van der Waals surface area contributed by atoms with Crippen molar-refractivity contribution in [2.24, 2.45) is 7.05 Å². The van der Waals surface area contributed by atoms with Gasteiger partial charge in [-0.25, -0.2) is 0 Å². The average molecular weight is 258 g/mol. The second kappa shape index (κ2) is 5.57. The molecular formula is C16H22N2O. The van der Waals surface area contributed by atoms with Crippen LogP contribution in [0.3, 0.4) is 0 Å². The number of nitrogens with zero attached hydrogens (tertiary/aromatic N) is 1. The maximum absolute atomic E-state index is 12.5. The number of para-hydroxylation sites is 1. The van der Waals surface area contributed by atoms with Crippen molar-refractivity contribution in [2.75, 3.05) is 13.6 Å². The number of fused-ring (bicyclic) bond motifs is 1. The van der Waals surface area contributed by atoms with Crippen LogP contribution < -0.4 is 10.9 Å². The first kappa shape index (κ1) is 13.8. The molecule has 0 aliphatic carbocycles. The van der Waals surface area contributed by atoms with E-state index in [9.17, 15) is 4.79 Å². The van der Waals surface area contributed by atoms with Gasteiger partial charge in [0.05, 0.1) is 5.52 Å². The zero-order valence-corrected chi connectivity index (χ0v) is 12.2. The number of hydrogen-bond acceptors (Lipinski definition) is 2. The van der Waals surface area contributed by atoms with Gasteiger partial charge in [-0.05, 0) is 44.5 Å². The minimum absolute atomic E-state index is 0.140. The average Bonchev–Trinajstić information content (AvgIpc) is 2.44. The van der Waals surface area contributed by atoms with Crippen molar-refractivity contribution in [3.63, 3.8) is 0 Å². The summed E-state index contributed by atoms with van der Waals surface area (Å²) in [5.41, 5.74) is 4.52. The number of pyridine rings is 1. The van der Waals surface area contributed by atoms with Crippen molar-refractivity contribution in [1.82, 2.24) is 9.88 Å². The highest BCUT2D eigenvalue weighted by molar-refractivity contribution is 5.86. The quantitative estimate of drug-likeness (QED) is 0.912. The molecule has 0 spiro atoms. The molecule has 2 aromatic rings. The molecule has 3 nitrogen and oxygen atoms in total. The molecular weight excluding hydrogens is 236 g/mol. The summed E-state index contributed by atoms with van der Waals surface area (Å²) in [4.78, 5) is 12.5. The summed E-state index contributed by atoms with van der Waals surface area (Å²) < 4.78 is 1.81. The summed E-state index contributed by atoms with van der Waals surface area (Å²) in [6, 6.07) is 6.31. The van der Waals surface area contributed by atoms with Crippen LogP contribution in [0.4, 0.5) is 0 Å². The summed E-state index contributed by atoms with van der Waals surface area (Å²) in [5.74, 6) is 0. The number of aromatic nitrogens is 1. The summed E-state index contributed by atoms with van der Waals surface area (Å²) in [6.07, 6.45) is 1.72. The second-order valence-electron chi connectivity index (χ2n) is 4.99. The minimum atomic E-state index is 0.140. The van der Waals surface area contributed by atoms with Crippen molar-refractivity contribution in [3.05, 3.63) is 45.2 Å². The van der Waals surface area contributed by atoms with Crippen LogP contribution in [0.15, 0.2) is 23.0 Å². The Morgan fingerprint density at radius 1 is 1.32 bits per heavy atom. The first-order valence-electron chi connectivity index (χ1n) is 6.86. The number of hydrogen-bond donors (Lipinski definition) is 1. The lowest BCUT2D eigenvalue weighted by Crippen LogP contribution is -2.26. The Kier molecular flexibility index (Phi) is 4.05. The monoisotopic (exact) mass is 258 g/mol. The van der Waals surface area contributed by atoms with E-state index in [2.05, 4.69) is 37.4 Å². The number of aryl methyl sites for hydroxylation is 3. The summed E-state index contributed by atoms with van der Waals surface area (Å²) in [6.45, 7) is 5.02. The fourth-order valence-electron chi connectivity index (χ4n) is 2.75. The second-order valence-corrected chi connectivity index (χ2v) is 4.99. The van der Waals surface area contributed by atoms with E-state index >= 15 is 0 Å². The van der Waals surface area contributed by atoms with Gasteiger partial charge in [-0.15, -0.1) is 0 Å². The first-order valence-corrected chi connectivity index (χ1v) is 6.86. The summed E-state index contributed by atoms with van der Waals surface area (Å²) >= 11 is 0. The maximum atomic E-state index is 12.5. The third kappa shape index (κ3) is 2.30. The standard InChI is InChI=1S/C16H22N2O/c1-5-12-7-6-8-13-11(2)14(9-10-17-3)16(19)18(4)15(12)13/h6-8,17H,5,9-10H2,1-4H3. The van der Waals surface area contributed by atoms with Crippen molar-refractivity contribution >= 4 is 10.9 Å². The topological polar surface area (TPSA) is 34.0 Å². The number of nitrogens with one attached hydrogen (secondary N) is 1. The van der Waals surface area contributed by atoms with E-state index in [-0.39, 0.29) is 5.56 Å². The van der Waals surface area contributed by atoms with Crippen LogP contribution in [-0.2, 0) is 19.9 Å². The van der Waals surface area contributed by atoms with Gasteiger partial charge in [-0.1, -0.05) is 25.1 Å². The molecule has 19 heavy (non-hydrogen) atoms. The van der Waals surface area contributed by atoms with E-state index in [0.717, 1.165) is 36.0 Å². The molecule has 1 N–H and O–H groups in total. The fraction of sp³-hybridized carbons (Fsp3) is 0.438. The van der Waals surface area contributed by atoms with Crippen molar-refractivity contribution in [2.45, 2.75) is 26.7 Å². The van der Waals surface area contributed by atoms with Crippen LogP contribution in [0.2, 0.25) is 0 Å². The SMILES string of the molecule is CCc1cccc2c(C)c(CCNC)c(=O)n(C)c12. The van der Waals surface area contributed by atoms with Crippen molar-refractivity contribution in [3.8, 4) is 0 Å². The van der Waals surface area contributed by atoms with E-state index in [4.69, 9.17) is 0 Å². The van der Waals surface area contributed by atoms with Gasteiger partial charge in [0.2, 0.25) is 0 Å². The summed E-state index contributed by atoms with van der Waals surface area (Å²) in [7, 11) is 3.79. The van der Waals surface area contributed by atoms with E-state index in [1.165, 1.54) is 10.9 Å². The van der Waals surface area contributed by atoms with Crippen LogP contribution in [0.1, 0.15) is 23.6 Å². The molecule has 0 unspecified atom stereocenters. The van der Waals surface area contributed by atoms with Gasteiger partial charge >= 0.3 is 0 Å². The Morgan fingerprint density at radius 2 is 2.05 bits per heavy atom. The number of likely N-dealkylation sites (N-methyl/N-ethyl adjacent to an activating group) is 1. The van der Waals surface area contributed by atoms with Gasteiger partial charge in [0.15, 0.2) is 0 Å². The molecule has 102 valence electrons. The van der Waals surface area contributed by atoms with Crippen LogP contribution in [-0.4, -0.2) is 18.2 Å². The molecule has 0 saturated heterocycles. The third-order valence-electron chi connectivity index (χ3n) is 3.88. The Balaban J connectivity index is 2.79. The van der Waals surface area contributed by atoms with Crippen LogP contribution >= 0.6 is 0 Å². The zero-order chi connectivity index (χ0) is 14.0. The van der Waals surface area contributed by atoms with Crippen LogP contribution in [0.25, 0.3) is 10.9 Å². The Hall–Kier alpha value is -1.61. The highest BCUT2D eigenvalue weighted by atomic mass is 16.1. The van der Waals surface area contributed by atoms with E-state index < -0.39 is 0 Å². The number of benzene rings is 1. The van der Waals surface area contributed by atoms with Gasteiger partial charge in [0.25, 0.3) is 5.56 Å². The Labute approximate surface area is 114 Å². The lowest BCUT2D eigenvalue weighted by Gasteiger charge is -2.15. The van der Waals surface area contributed by atoms with E-state index in [1.54, 1.807) is 0 Å². The molecule has 0 radical (unpaired) electrons. The van der Waals surface area contributed by atoms with Gasteiger partial charge in [0, 0.05) is 18.0 Å². The predicted octanol–water partition coefficient (Wildman–Crippen LogP) is 2.17. The lowest BCUT2D eigenvalue weighted by atomic mass is 9.98. The molecule has 0 amide bonds. The smallest absolute Gasteiger partial charge is 0.254 e. The normalized spacial score (nSPS) is 11.2. The van der Waals surface area contributed by atoms with Crippen LogP contribution in [0, 0.1) is 6.92 Å². The molecule has 2 rings (SSSR count). The van der Waals surface area contributed by atoms with E-state index in [1.807, 2.05) is 18.7 Å². The molecule has 0 aliphatic rings. The minimum Gasteiger partial charge on any atom is -0.319 e. The Morgan fingerprint density at radius 3 is 2.68 bits per heavy atom. The highest BCUT2D eigenvalue weighted by Gasteiger charge is 2.13. The van der Waals surface area contributed by atoms with Gasteiger partial charge < -0.3 is 9.88 Å². The summed E-state index contributed by atoms with van der Waals surface area (Å²) in [5, 5.41) is 4.31. The molecule has 1 aromatic carbocycles. The van der Waals surface area contributed by atoms with Crippen LogP contribution in [0.5, 0.6) is 0 Å². The van der Waals surface area contributed by atoms with Crippen molar-refractivity contribution < 1.29 is 0 Å². The molecule has 1 aromatic heterocycles. The predicted molar refractivity (Wildman–Crippen MR) is 80.9 cm³/mol. The van der Waals surface area contributed by atoms with Gasteiger partial charge in [-0.2, -0.15) is 0 Å². The molecule has 0 aliphatic heterocycles. The van der Waals surface area contributed by atoms with Gasteiger partial charge in [0.1, 0.15) is 0 Å². The largest absolute Gasteiger partial charge is 0.319 e. The molecule has 3 heteroatoms. The molecule has 0 fully saturated rings. The van der Waals surface area contributed by atoms with Crippen molar-refractivity contribution in [1.29, 1.82) is 0 Å². The lowest BCUT2D eigenvalue weighted by molar-refractivity contribution is 0.767. The first-order chi connectivity index (χ1) is 9.11. The Bertz CT molecular complexity index is 656. The molecule has 0 bridgehead atoms. The molecule has 0 atom stereocenters. The molecule has 0 saturated carbocycles. The molecule has 1 heterocycles. The fourth-order valence-corrected chi connectivity index (χ4v) is 2.75. The zero-order valence-electron chi connectivity index (χ0n) is 12.2.